The Balaban J connectivity index is 1.51. The summed E-state index contributed by atoms with van der Waals surface area (Å²) in [7, 11) is 0. The molecule has 1 aliphatic carbocycles. The van der Waals surface area contributed by atoms with Crippen molar-refractivity contribution in [1.29, 1.82) is 0 Å². The molecule has 1 aliphatic heterocycles. The van der Waals surface area contributed by atoms with E-state index in [0.717, 1.165) is 36.6 Å². The van der Waals surface area contributed by atoms with Crippen LogP contribution >= 0.6 is 0 Å². The number of pyridine rings is 1. The molecular formula is C25H38N6. The minimum Gasteiger partial charge on any atom is -0.367 e. The molecule has 0 amide bonds. The fourth-order valence-electron chi connectivity index (χ4n) is 4.55. The van der Waals surface area contributed by atoms with Crippen molar-refractivity contribution in [3.63, 3.8) is 0 Å². The highest BCUT2D eigenvalue weighted by atomic mass is 15.2. The molecule has 0 aromatic carbocycles. The lowest BCUT2D eigenvalue weighted by Crippen LogP contribution is -2.23. The smallest absolute Gasteiger partial charge is 0.224 e. The molecule has 31 heavy (non-hydrogen) atoms. The molecule has 0 radical (unpaired) electrons. The fraction of sp³-hybridized carbons (Fsp3) is 0.640. The lowest BCUT2D eigenvalue weighted by molar-refractivity contribution is 0.331. The number of hydrogen-bond acceptors (Lipinski definition) is 6. The minimum atomic E-state index is 0.486. The third-order valence-electron chi connectivity index (χ3n) is 6.45. The van der Waals surface area contributed by atoms with Crippen molar-refractivity contribution in [2.45, 2.75) is 77.8 Å². The zero-order valence-corrected chi connectivity index (χ0v) is 19.2. The van der Waals surface area contributed by atoms with Gasteiger partial charge in [0, 0.05) is 31.5 Å². The van der Waals surface area contributed by atoms with Gasteiger partial charge in [-0.2, -0.15) is 4.98 Å². The van der Waals surface area contributed by atoms with Gasteiger partial charge < -0.3 is 10.6 Å². The highest BCUT2D eigenvalue weighted by Crippen LogP contribution is 2.29. The Morgan fingerprint density at radius 1 is 1.00 bits per heavy atom. The van der Waals surface area contributed by atoms with E-state index in [2.05, 4.69) is 46.5 Å². The largest absolute Gasteiger partial charge is 0.367 e. The third kappa shape index (κ3) is 6.39. The lowest BCUT2D eigenvalue weighted by atomic mass is 9.95. The van der Waals surface area contributed by atoms with E-state index in [1.165, 1.54) is 63.6 Å². The molecule has 0 spiro atoms. The Kier molecular flexibility index (Phi) is 7.73. The van der Waals surface area contributed by atoms with E-state index in [1.54, 1.807) is 0 Å². The van der Waals surface area contributed by atoms with E-state index < -0.39 is 0 Å². The lowest BCUT2D eigenvalue weighted by Gasteiger charge is -2.24. The summed E-state index contributed by atoms with van der Waals surface area (Å²) in [6.45, 7) is 8.77. The number of rotatable bonds is 9. The Bertz CT molecular complexity index is 807. The molecule has 0 unspecified atom stereocenters. The number of nitrogens with zero attached hydrogens (tertiary/aromatic N) is 4. The average molecular weight is 423 g/mol. The topological polar surface area (TPSA) is 66.0 Å². The maximum Gasteiger partial charge on any atom is 0.224 e. The molecule has 1 saturated carbocycles. The van der Waals surface area contributed by atoms with Crippen LogP contribution in [0.5, 0.6) is 0 Å². The van der Waals surface area contributed by atoms with Crippen LogP contribution in [0.2, 0.25) is 0 Å². The van der Waals surface area contributed by atoms with Crippen molar-refractivity contribution in [2.75, 3.05) is 30.3 Å². The van der Waals surface area contributed by atoms with Gasteiger partial charge in [0.2, 0.25) is 5.95 Å². The summed E-state index contributed by atoms with van der Waals surface area (Å²) < 4.78 is 0. The van der Waals surface area contributed by atoms with Gasteiger partial charge in [0.15, 0.2) is 0 Å². The van der Waals surface area contributed by atoms with Crippen molar-refractivity contribution in [1.82, 2.24) is 19.9 Å². The highest BCUT2D eigenvalue weighted by Gasteiger charge is 2.18. The van der Waals surface area contributed by atoms with Crippen LogP contribution in [0.1, 0.15) is 70.8 Å². The van der Waals surface area contributed by atoms with E-state index in [4.69, 9.17) is 9.97 Å². The number of aromatic nitrogens is 3. The van der Waals surface area contributed by atoms with Crippen molar-refractivity contribution < 1.29 is 0 Å². The first-order valence-electron chi connectivity index (χ1n) is 12.2. The molecule has 4 rings (SSSR count). The molecule has 2 fully saturated rings. The van der Waals surface area contributed by atoms with Crippen LogP contribution in [-0.4, -0.2) is 45.5 Å². The second-order valence-corrected chi connectivity index (χ2v) is 9.58. The fourth-order valence-corrected chi connectivity index (χ4v) is 4.55. The maximum absolute atomic E-state index is 4.86. The number of hydrogen-bond donors (Lipinski definition) is 2. The predicted molar refractivity (Wildman–Crippen MR) is 128 cm³/mol. The van der Waals surface area contributed by atoms with E-state index in [0.29, 0.717) is 17.9 Å². The number of anilines is 2. The van der Waals surface area contributed by atoms with Crippen LogP contribution in [0.15, 0.2) is 24.5 Å². The van der Waals surface area contributed by atoms with Gasteiger partial charge in [0.05, 0.1) is 11.3 Å². The second-order valence-electron chi connectivity index (χ2n) is 9.58. The Morgan fingerprint density at radius 2 is 1.81 bits per heavy atom. The van der Waals surface area contributed by atoms with Crippen molar-refractivity contribution >= 4 is 11.8 Å². The molecule has 1 saturated heterocycles. The predicted octanol–water partition coefficient (Wildman–Crippen LogP) is 5.34. The van der Waals surface area contributed by atoms with E-state index in [1.807, 2.05) is 12.4 Å². The van der Waals surface area contributed by atoms with Gasteiger partial charge >= 0.3 is 0 Å². The zero-order valence-electron chi connectivity index (χ0n) is 19.2. The SMILES string of the molecule is CC(C)CCNc1ncc(-c2ccc(CN3CCCC3)cn2)c(NC2CCCCC2)n1. The molecule has 168 valence electrons. The molecule has 6 nitrogen and oxygen atoms in total. The zero-order chi connectivity index (χ0) is 21.5. The van der Waals surface area contributed by atoms with E-state index >= 15 is 0 Å². The van der Waals surface area contributed by atoms with Crippen LogP contribution in [-0.2, 0) is 6.54 Å². The normalized spacial score (nSPS) is 17.9. The van der Waals surface area contributed by atoms with Gasteiger partial charge in [-0.25, -0.2) is 4.98 Å². The molecule has 3 heterocycles. The van der Waals surface area contributed by atoms with Crippen LogP contribution < -0.4 is 10.6 Å². The van der Waals surface area contributed by atoms with Gasteiger partial charge in [0.1, 0.15) is 5.82 Å². The van der Waals surface area contributed by atoms with Crippen LogP contribution in [0.25, 0.3) is 11.3 Å². The van der Waals surface area contributed by atoms with Gasteiger partial charge in [-0.1, -0.05) is 39.2 Å². The third-order valence-corrected chi connectivity index (χ3v) is 6.45. The molecular weight excluding hydrogens is 384 g/mol. The summed E-state index contributed by atoms with van der Waals surface area (Å²) in [6.07, 6.45) is 14.0. The molecule has 2 aromatic rings. The molecule has 2 N–H and O–H groups in total. The monoisotopic (exact) mass is 422 g/mol. The average Bonchev–Trinajstić information content (AvgIpc) is 3.28. The quantitative estimate of drug-likeness (QED) is 0.569. The first kappa shape index (κ1) is 22.0. The molecule has 0 bridgehead atoms. The minimum absolute atomic E-state index is 0.486. The van der Waals surface area contributed by atoms with Gasteiger partial charge in [-0.15, -0.1) is 0 Å². The van der Waals surface area contributed by atoms with Crippen LogP contribution in [0.4, 0.5) is 11.8 Å². The Labute approximate surface area is 187 Å². The summed E-state index contributed by atoms with van der Waals surface area (Å²) in [6, 6.07) is 4.82. The van der Waals surface area contributed by atoms with E-state index in [-0.39, 0.29) is 0 Å². The van der Waals surface area contributed by atoms with Crippen LogP contribution in [0, 0.1) is 5.92 Å². The number of likely N-dealkylation sites (tertiary alicyclic amines) is 1. The van der Waals surface area contributed by atoms with Crippen molar-refractivity contribution in [2.24, 2.45) is 5.92 Å². The molecule has 2 aromatic heterocycles. The summed E-state index contributed by atoms with van der Waals surface area (Å²) in [4.78, 5) is 16.8. The molecule has 6 heteroatoms. The molecule has 0 atom stereocenters. The second kappa shape index (κ2) is 10.9. The molecule has 2 aliphatic rings. The summed E-state index contributed by atoms with van der Waals surface area (Å²) in [5.41, 5.74) is 3.21. The van der Waals surface area contributed by atoms with Gasteiger partial charge in [0.25, 0.3) is 0 Å². The van der Waals surface area contributed by atoms with Gasteiger partial charge in [-0.05, 0) is 62.7 Å². The highest BCUT2D eigenvalue weighted by molar-refractivity contribution is 5.72. The Hall–Kier alpha value is -2.21. The van der Waals surface area contributed by atoms with Crippen molar-refractivity contribution in [3.05, 3.63) is 30.1 Å². The standard InChI is InChI=1S/C25H38N6/c1-19(2)12-13-26-25-28-17-22(24(30-25)29-21-8-4-3-5-9-21)23-11-10-20(16-27-23)18-31-14-6-7-15-31/h10-11,16-17,19,21H,3-9,12-15,18H2,1-2H3,(H2,26,28,29,30). The Morgan fingerprint density at radius 3 is 2.52 bits per heavy atom. The first-order valence-corrected chi connectivity index (χ1v) is 12.2. The van der Waals surface area contributed by atoms with Gasteiger partial charge in [-0.3, -0.25) is 9.88 Å². The van der Waals surface area contributed by atoms with Crippen molar-refractivity contribution in [3.8, 4) is 11.3 Å². The van der Waals surface area contributed by atoms with E-state index in [9.17, 15) is 0 Å². The maximum atomic E-state index is 4.86. The summed E-state index contributed by atoms with van der Waals surface area (Å²) in [5, 5.41) is 7.12. The number of nitrogens with one attached hydrogen (secondary N) is 2. The first-order chi connectivity index (χ1) is 15.2. The summed E-state index contributed by atoms with van der Waals surface area (Å²) in [5.74, 6) is 2.27. The summed E-state index contributed by atoms with van der Waals surface area (Å²) >= 11 is 0. The van der Waals surface area contributed by atoms with Crippen LogP contribution in [0.3, 0.4) is 0 Å².